The molecule has 3 fully saturated rings. The first-order valence-corrected chi connectivity index (χ1v) is 11.0. The molecule has 1 atom stereocenters. The Bertz CT molecular complexity index is 646. The van der Waals surface area contributed by atoms with Gasteiger partial charge < -0.3 is 9.80 Å². The van der Waals surface area contributed by atoms with Gasteiger partial charge in [-0.05, 0) is 38.0 Å². The molecule has 3 rings (SSSR count). The Kier molecular flexibility index (Phi) is 5.12. The summed E-state index contributed by atoms with van der Waals surface area (Å²) in [6, 6.07) is 0. The summed E-state index contributed by atoms with van der Waals surface area (Å²) in [5.41, 5.74) is -0.397. The number of hydrogen-bond acceptors (Lipinski definition) is 4. The number of nitrogens with zero attached hydrogens (tertiary/aromatic N) is 3. The standard InChI is InChI=1S/C17H29N3O4S/c1-18(25(2,23)24)10-6-15(21)20-11-8-17(13-20)7-3-9-19(16(17)22)12-14-4-5-14/h14H,3-13H2,1-2H3. The first-order chi connectivity index (χ1) is 11.7. The molecule has 7 nitrogen and oxygen atoms in total. The van der Waals surface area contributed by atoms with Crippen molar-refractivity contribution in [2.24, 2.45) is 11.3 Å². The second-order valence-corrected chi connectivity index (χ2v) is 10.1. The van der Waals surface area contributed by atoms with Gasteiger partial charge in [0.05, 0.1) is 11.7 Å². The first kappa shape index (κ1) is 18.6. The number of carbonyl (C=O) groups is 2. The van der Waals surface area contributed by atoms with Gasteiger partial charge in [-0.15, -0.1) is 0 Å². The van der Waals surface area contributed by atoms with Gasteiger partial charge in [0.2, 0.25) is 21.8 Å². The lowest BCUT2D eigenvalue weighted by atomic mass is 9.78. The van der Waals surface area contributed by atoms with E-state index in [0.29, 0.717) is 19.0 Å². The van der Waals surface area contributed by atoms with Crippen molar-refractivity contribution < 1.29 is 18.0 Å². The Morgan fingerprint density at radius 2 is 2.00 bits per heavy atom. The van der Waals surface area contributed by atoms with E-state index in [1.54, 1.807) is 4.90 Å². The van der Waals surface area contributed by atoms with Crippen LogP contribution in [0.5, 0.6) is 0 Å². The van der Waals surface area contributed by atoms with E-state index in [-0.39, 0.29) is 24.8 Å². The molecule has 0 bridgehead atoms. The lowest BCUT2D eigenvalue weighted by Gasteiger charge is -2.39. The number of sulfonamides is 1. The van der Waals surface area contributed by atoms with Gasteiger partial charge in [0.1, 0.15) is 0 Å². The summed E-state index contributed by atoms with van der Waals surface area (Å²) in [5, 5.41) is 0. The quantitative estimate of drug-likeness (QED) is 0.682. The zero-order chi connectivity index (χ0) is 18.2. The molecule has 1 spiro atoms. The predicted molar refractivity (Wildman–Crippen MR) is 94.3 cm³/mol. The second-order valence-electron chi connectivity index (χ2n) is 7.98. The van der Waals surface area contributed by atoms with Crippen LogP contribution in [0.25, 0.3) is 0 Å². The molecule has 0 aromatic rings. The molecule has 0 N–H and O–H groups in total. The maximum absolute atomic E-state index is 13.0. The molecular weight excluding hydrogens is 342 g/mol. The van der Waals surface area contributed by atoms with Crippen molar-refractivity contribution in [3.63, 3.8) is 0 Å². The van der Waals surface area contributed by atoms with E-state index in [1.807, 2.05) is 4.90 Å². The van der Waals surface area contributed by atoms with Gasteiger partial charge in [-0.2, -0.15) is 0 Å². The molecule has 2 heterocycles. The fourth-order valence-corrected chi connectivity index (χ4v) is 4.40. The molecule has 0 aromatic heterocycles. The predicted octanol–water partition coefficient (Wildman–Crippen LogP) is 0.519. The summed E-state index contributed by atoms with van der Waals surface area (Å²) >= 11 is 0. The molecule has 2 aliphatic heterocycles. The molecule has 25 heavy (non-hydrogen) atoms. The molecule has 8 heteroatoms. The van der Waals surface area contributed by atoms with Crippen LogP contribution in [0.15, 0.2) is 0 Å². The third-order valence-electron chi connectivity index (χ3n) is 5.91. The molecule has 1 aliphatic carbocycles. The molecule has 1 saturated carbocycles. The van der Waals surface area contributed by atoms with E-state index in [4.69, 9.17) is 0 Å². The highest BCUT2D eigenvalue weighted by Crippen LogP contribution is 2.41. The van der Waals surface area contributed by atoms with Crippen molar-refractivity contribution in [3.8, 4) is 0 Å². The van der Waals surface area contributed by atoms with Crippen molar-refractivity contribution in [1.82, 2.24) is 14.1 Å². The molecule has 0 aromatic carbocycles. The SMILES string of the molecule is CN(CCC(=O)N1CCC2(CCCN(CC3CC3)C2=O)C1)S(C)(=O)=O. The minimum Gasteiger partial charge on any atom is -0.342 e. The minimum atomic E-state index is -3.27. The Hall–Kier alpha value is -1.15. The van der Waals surface area contributed by atoms with Gasteiger partial charge in [0.25, 0.3) is 0 Å². The van der Waals surface area contributed by atoms with E-state index < -0.39 is 15.4 Å². The topological polar surface area (TPSA) is 78.0 Å². The smallest absolute Gasteiger partial charge is 0.230 e. The molecule has 3 aliphatic rings. The first-order valence-electron chi connectivity index (χ1n) is 9.20. The minimum absolute atomic E-state index is 0.0560. The third kappa shape index (κ3) is 4.16. The van der Waals surface area contributed by atoms with Crippen LogP contribution in [-0.2, 0) is 19.6 Å². The van der Waals surface area contributed by atoms with E-state index in [2.05, 4.69) is 0 Å². The van der Waals surface area contributed by atoms with Crippen LogP contribution in [0.4, 0.5) is 0 Å². The van der Waals surface area contributed by atoms with E-state index in [9.17, 15) is 18.0 Å². The largest absolute Gasteiger partial charge is 0.342 e. The molecule has 2 saturated heterocycles. The summed E-state index contributed by atoms with van der Waals surface area (Å²) in [7, 11) is -1.79. The van der Waals surface area contributed by atoms with Crippen LogP contribution in [-0.4, -0.2) is 80.4 Å². The molecular formula is C17H29N3O4S. The van der Waals surface area contributed by atoms with E-state index in [1.165, 1.54) is 24.2 Å². The van der Waals surface area contributed by atoms with Crippen LogP contribution in [0.1, 0.15) is 38.5 Å². The molecule has 0 radical (unpaired) electrons. The summed E-state index contributed by atoms with van der Waals surface area (Å²) in [6.07, 6.45) is 6.37. The zero-order valence-corrected chi connectivity index (χ0v) is 16.1. The highest BCUT2D eigenvalue weighted by Gasteiger charge is 2.49. The highest BCUT2D eigenvalue weighted by molar-refractivity contribution is 7.88. The summed E-state index contributed by atoms with van der Waals surface area (Å²) in [6.45, 7) is 3.01. The average molecular weight is 372 g/mol. The van der Waals surface area contributed by atoms with Crippen molar-refractivity contribution in [2.45, 2.75) is 38.5 Å². The van der Waals surface area contributed by atoms with Crippen molar-refractivity contribution in [3.05, 3.63) is 0 Å². The lowest BCUT2D eigenvalue weighted by molar-refractivity contribution is -0.146. The summed E-state index contributed by atoms with van der Waals surface area (Å²) < 4.78 is 24.1. The van der Waals surface area contributed by atoms with Crippen LogP contribution >= 0.6 is 0 Å². The maximum Gasteiger partial charge on any atom is 0.230 e. The zero-order valence-electron chi connectivity index (χ0n) is 15.2. The fraction of sp³-hybridized carbons (Fsp3) is 0.882. The van der Waals surface area contributed by atoms with Gasteiger partial charge in [0, 0.05) is 46.2 Å². The maximum atomic E-state index is 13.0. The van der Waals surface area contributed by atoms with E-state index in [0.717, 1.165) is 38.6 Å². The Morgan fingerprint density at radius 1 is 1.28 bits per heavy atom. The van der Waals surface area contributed by atoms with Gasteiger partial charge in [0.15, 0.2) is 0 Å². The number of rotatable bonds is 6. The summed E-state index contributed by atoms with van der Waals surface area (Å²) in [4.78, 5) is 29.2. The van der Waals surface area contributed by atoms with E-state index >= 15 is 0 Å². The van der Waals surface area contributed by atoms with Crippen molar-refractivity contribution in [1.29, 1.82) is 0 Å². The Morgan fingerprint density at radius 3 is 2.64 bits per heavy atom. The third-order valence-corrected chi connectivity index (χ3v) is 7.23. The van der Waals surface area contributed by atoms with Crippen LogP contribution in [0, 0.1) is 11.3 Å². The normalized spacial score (nSPS) is 27.6. The number of hydrogen-bond donors (Lipinski definition) is 0. The highest BCUT2D eigenvalue weighted by atomic mass is 32.2. The van der Waals surface area contributed by atoms with Crippen molar-refractivity contribution in [2.75, 3.05) is 46.0 Å². The van der Waals surface area contributed by atoms with Crippen LogP contribution in [0.2, 0.25) is 0 Å². The fourth-order valence-electron chi connectivity index (χ4n) is 3.98. The lowest BCUT2D eigenvalue weighted by Crippen LogP contribution is -2.51. The number of piperidine rings is 1. The Balaban J connectivity index is 1.56. The number of amides is 2. The van der Waals surface area contributed by atoms with Crippen molar-refractivity contribution >= 4 is 21.8 Å². The average Bonchev–Trinajstić information content (AvgIpc) is 3.26. The van der Waals surface area contributed by atoms with Gasteiger partial charge in [-0.1, -0.05) is 0 Å². The summed E-state index contributed by atoms with van der Waals surface area (Å²) in [5.74, 6) is 0.860. The second kappa shape index (κ2) is 6.87. The van der Waals surface area contributed by atoms with Gasteiger partial charge in [-0.25, -0.2) is 12.7 Å². The Labute approximate surface area is 150 Å². The monoisotopic (exact) mass is 371 g/mol. The molecule has 1 unspecified atom stereocenters. The van der Waals surface area contributed by atoms with Crippen LogP contribution in [0.3, 0.4) is 0 Å². The number of likely N-dealkylation sites (tertiary alicyclic amines) is 2. The van der Waals surface area contributed by atoms with Gasteiger partial charge in [-0.3, -0.25) is 9.59 Å². The van der Waals surface area contributed by atoms with Crippen LogP contribution < -0.4 is 0 Å². The number of carbonyl (C=O) groups excluding carboxylic acids is 2. The molecule has 142 valence electrons. The molecule has 2 amide bonds. The van der Waals surface area contributed by atoms with Gasteiger partial charge >= 0.3 is 0 Å².